The van der Waals surface area contributed by atoms with Crippen LogP contribution in [0, 0.1) is 5.92 Å². The van der Waals surface area contributed by atoms with Crippen LogP contribution in [-0.2, 0) is 24.3 Å². The predicted molar refractivity (Wildman–Crippen MR) is 105 cm³/mol. The predicted octanol–water partition coefficient (Wildman–Crippen LogP) is 3.83. The van der Waals surface area contributed by atoms with Gasteiger partial charge in [-0.25, -0.2) is 0 Å². The zero-order valence-electron chi connectivity index (χ0n) is 15.2. The number of pyridine rings is 1. The molecule has 2 heterocycles. The molecule has 0 unspecified atom stereocenters. The molecule has 138 valence electrons. The zero-order valence-corrected chi connectivity index (χ0v) is 16.0. The average Bonchev–Trinajstić information content (AvgIpc) is 2.65. The summed E-state index contributed by atoms with van der Waals surface area (Å²) in [5.41, 5.74) is 3.18. The van der Waals surface area contributed by atoms with Crippen LogP contribution in [0.3, 0.4) is 0 Å². The number of amides is 1. The Labute approximate surface area is 160 Å². The molecule has 0 spiro atoms. The Morgan fingerprint density at radius 1 is 1.19 bits per heavy atom. The molecule has 1 aromatic carbocycles. The van der Waals surface area contributed by atoms with Crippen LogP contribution in [0.15, 0.2) is 42.7 Å². The molecule has 1 fully saturated rings. The summed E-state index contributed by atoms with van der Waals surface area (Å²) >= 11 is 6.07. The molecule has 5 heteroatoms. The first-order valence-corrected chi connectivity index (χ1v) is 9.63. The fourth-order valence-electron chi connectivity index (χ4n) is 3.22. The van der Waals surface area contributed by atoms with Crippen molar-refractivity contribution >= 4 is 17.5 Å². The fourth-order valence-corrected chi connectivity index (χ4v) is 3.39. The van der Waals surface area contributed by atoms with E-state index in [0.29, 0.717) is 11.6 Å². The van der Waals surface area contributed by atoms with Gasteiger partial charge in [0.05, 0.1) is 6.42 Å². The Morgan fingerprint density at radius 3 is 2.58 bits per heavy atom. The maximum absolute atomic E-state index is 12.1. The Hall–Kier alpha value is -1.91. The summed E-state index contributed by atoms with van der Waals surface area (Å²) in [6.45, 7) is 6.26. The van der Waals surface area contributed by atoms with Gasteiger partial charge in [-0.1, -0.05) is 42.8 Å². The van der Waals surface area contributed by atoms with E-state index in [-0.39, 0.29) is 12.3 Å². The summed E-state index contributed by atoms with van der Waals surface area (Å²) in [5.74, 6) is 0.810. The van der Waals surface area contributed by atoms with E-state index < -0.39 is 0 Å². The SMILES string of the molecule is CC1CCN(Cc2ccc(CNC(=O)Cc3cnccc3Cl)cc2)CC1. The smallest absolute Gasteiger partial charge is 0.224 e. The van der Waals surface area contributed by atoms with Gasteiger partial charge in [-0.3, -0.25) is 14.7 Å². The van der Waals surface area contributed by atoms with Crippen molar-refractivity contribution in [3.63, 3.8) is 0 Å². The Bertz CT molecular complexity index is 724. The van der Waals surface area contributed by atoms with E-state index in [4.69, 9.17) is 11.6 Å². The molecule has 0 aliphatic carbocycles. The lowest BCUT2D eigenvalue weighted by atomic mass is 9.99. The zero-order chi connectivity index (χ0) is 18.4. The number of benzene rings is 1. The minimum Gasteiger partial charge on any atom is -0.352 e. The van der Waals surface area contributed by atoms with Crippen LogP contribution in [-0.4, -0.2) is 28.9 Å². The van der Waals surface area contributed by atoms with Crippen LogP contribution in [0.4, 0.5) is 0 Å². The number of hydrogen-bond acceptors (Lipinski definition) is 3. The van der Waals surface area contributed by atoms with Gasteiger partial charge in [0.2, 0.25) is 5.91 Å². The molecule has 1 saturated heterocycles. The monoisotopic (exact) mass is 371 g/mol. The van der Waals surface area contributed by atoms with E-state index in [1.807, 2.05) is 0 Å². The fraction of sp³-hybridized carbons (Fsp3) is 0.429. The normalized spacial score (nSPS) is 15.8. The molecular formula is C21H26ClN3O. The molecule has 0 saturated carbocycles. The molecular weight excluding hydrogens is 346 g/mol. The number of piperidine rings is 1. The van der Waals surface area contributed by atoms with E-state index in [9.17, 15) is 4.79 Å². The molecule has 1 aliphatic rings. The van der Waals surface area contributed by atoms with Crippen molar-refractivity contribution in [1.82, 2.24) is 15.2 Å². The number of nitrogens with one attached hydrogen (secondary N) is 1. The third-order valence-electron chi connectivity index (χ3n) is 4.99. The highest BCUT2D eigenvalue weighted by Crippen LogP contribution is 2.18. The second-order valence-corrected chi connectivity index (χ2v) is 7.60. The summed E-state index contributed by atoms with van der Waals surface area (Å²) in [7, 11) is 0. The van der Waals surface area contributed by atoms with Crippen molar-refractivity contribution in [2.45, 2.75) is 39.3 Å². The van der Waals surface area contributed by atoms with E-state index in [1.54, 1.807) is 18.5 Å². The van der Waals surface area contributed by atoms with Gasteiger partial charge in [0.15, 0.2) is 0 Å². The van der Waals surface area contributed by atoms with Crippen LogP contribution in [0.2, 0.25) is 5.02 Å². The maximum Gasteiger partial charge on any atom is 0.224 e. The number of rotatable bonds is 6. The first-order chi connectivity index (χ1) is 12.6. The summed E-state index contributed by atoms with van der Waals surface area (Å²) < 4.78 is 0. The van der Waals surface area contributed by atoms with Crippen molar-refractivity contribution < 1.29 is 4.79 Å². The second-order valence-electron chi connectivity index (χ2n) is 7.20. The first kappa shape index (κ1) is 18.9. The van der Waals surface area contributed by atoms with Gasteiger partial charge in [0.1, 0.15) is 0 Å². The number of nitrogens with zero attached hydrogens (tertiary/aromatic N) is 2. The lowest BCUT2D eigenvalue weighted by Gasteiger charge is -2.30. The number of hydrogen-bond donors (Lipinski definition) is 1. The third kappa shape index (κ3) is 5.55. The summed E-state index contributed by atoms with van der Waals surface area (Å²) in [6, 6.07) is 10.2. The number of aromatic nitrogens is 1. The Kier molecular flexibility index (Phi) is 6.64. The van der Waals surface area contributed by atoms with Gasteiger partial charge in [0, 0.05) is 30.5 Å². The van der Waals surface area contributed by atoms with Gasteiger partial charge in [-0.15, -0.1) is 0 Å². The van der Waals surface area contributed by atoms with Crippen LogP contribution < -0.4 is 5.32 Å². The van der Waals surface area contributed by atoms with Crippen molar-refractivity contribution in [2.24, 2.45) is 5.92 Å². The van der Waals surface area contributed by atoms with Gasteiger partial charge in [-0.2, -0.15) is 0 Å². The highest BCUT2D eigenvalue weighted by atomic mass is 35.5. The highest BCUT2D eigenvalue weighted by Gasteiger charge is 2.15. The van der Waals surface area contributed by atoms with Crippen LogP contribution in [0.5, 0.6) is 0 Å². The van der Waals surface area contributed by atoms with Crippen LogP contribution in [0.25, 0.3) is 0 Å². The third-order valence-corrected chi connectivity index (χ3v) is 5.36. The molecule has 1 aliphatic heterocycles. The number of carbonyl (C=O) groups is 1. The lowest BCUT2D eigenvalue weighted by molar-refractivity contribution is -0.120. The standard InChI is InChI=1S/C21H26ClN3O/c1-16-7-10-25(11-8-16)15-18-4-2-17(3-5-18)13-24-21(26)12-19-14-23-9-6-20(19)22/h2-6,9,14,16H,7-8,10-13,15H2,1H3,(H,24,26). The minimum absolute atomic E-state index is 0.0496. The van der Waals surface area contributed by atoms with Crippen molar-refractivity contribution in [3.8, 4) is 0 Å². The Balaban J connectivity index is 1.45. The highest BCUT2D eigenvalue weighted by molar-refractivity contribution is 6.31. The Morgan fingerprint density at radius 2 is 1.88 bits per heavy atom. The maximum atomic E-state index is 12.1. The molecule has 1 N–H and O–H groups in total. The number of likely N-dealkylation sites (tertiary alicyclic amines) is 1. The molecule has 0 radical (unpaired) electrons. The summed E-state index contributed by atoms with van der Waals surface area (Å²) in [5, 5.41) is 3.52. The largest absolute Gasteiger partial charge is 0.352 e. The van der Waals surface area contributed by atoms with Gasteiger partial charge < -0.3 is 5.32 Å². The van der Waals surface area contributed by atoms with E-state index >= 15 is 0 Å². The first-order valence-electron chi connectivity index (χ1n) is 9.25. The van der Waals surface area contributed by atoms with E-state index in [1.165, 1.54) is 31.5 Å². The average molecular weight is 372 g/mol. The van der Waals surface area contributed by atoms with E-state index in [0.717, 1.165) is 23.6 Å². The van der Waals surface area contributed by atoms with Crippen LogP contribution in [0.1, 0.15) is 36.5 Å². The van der Waals surface area contributed by atoms with Crippen molar-refractivity contribution in [1.29, 1.82) is 0 Å². The van der Waals surface area contributed by atoms with Crippen molar-refractivity contribution in [2.75, 3.05) is 13.1 Å². The lowest BCUT2D eigenvalue weighted by Crippen LogP contribution is -2.32. The molecule has 0 bridgehead atoms. The van der Waals surface area contributed by atoms with Gasteiger partial charge in [-0.05, 0) is 54.6 Å². The molecule has 3 rings (SSSR count). The quantitative estimate of drug-likeness (QED) is 0.839. The molecule has 4 nitrogen and oxygen atoms in total. The number of halogens is 1. The molecule has 26 heavy (non-hydrogen) atoms. The van der Waals surface area contributed by atoms with E-state index in [2.05, 4.69) is 46.4 Å². The minimum atomic E-state index is -0.0496. The molecule has 1 aromatic heterocycles. The topological polar surface area (TPSA) is 45.2 Å². The molecule has 2 aromatic rings. The molecule has 0 atom stereocenters. The molecule has 1 amide bonds. The number of carbonyl (C=O) groups excluding carboxylic acids is 1. The van der Waals surface area contributed by atoms with Crippen LogP contribution >= 0.6 is 11.6 Å². The van der Waals surface area contributed by atoms with Crippen molar-refractivity contribution in [3.05, 3.63) is 64.4 Å². The summed E-state index contributed by atoms with van der Waals surface area (Å²) in [6.07, 6.45) is 6.10. The second kappa shape index (κ2) is 9.15. The van der Waals surface area contributed by atoms with Gasteiger partial charge >= 0.3 is 0 Å². The van der Waals surface area contributed by atoms with Gasteiger partial charge in [0.25, 0.3) is 0 Å². The summed E-state index contributed by atoms with van der Waals surface area (Å²) in [4.78, 5) is 18.6.